The van der Waals surface area contributed by atoms with Gasteiger partial charge in [0.05, 0.1) is 12.0 Å². The number of nitro groups is 1. The van der Waals surface area contributed by atoms with Crippen molar-refractivity contribution in [3.05, 3.63) is 26.3 Å². The highest BCUT2D eigenvalue weighted by atomic mass is 79.9. The number of nitrogens with one attached hydrogen (secondary N) is 1. The lowest BCUT2D eigenvalue weighted by atomic mass is 10.2. The molecule has 0 aromatic carbocycles. The number of anilines is 1. The Kier molecular flexibility index (Phi) is 4.38. The molecule has 0 fully saturated rings. The van der Waals surface area contributed by atoms with E-state index in [9.17, 15) is 14.9 Å². The molecule has 1 aromatic rings. The van der Waals surface area contributed by atoms with Crippen molar-refractivity contribution in [2.24, 2.45) is 0 Å². The Morgan fingerprint density at radius 2 is 2.35 bits per heavy atom. The number of esters is 1. The second-order valence-electron chi connectivity index (χ2n) is 3.12. The van der Waals surface area contributed by atoms with Crippen LogP contribution in [-0.2, 0) is 9.53 Å². The van der Waals surface area contributed by atoms with Crippen molar-refractivity contribution in [1.82, 2.24) is 4.98 Å². The molecule has 1 aromatic heterocycles. The molecule has 0 saturated carbocycles. The van der Waals surface area contributed by atoms with Crippen LogP contribution in [0.1, 0.15) is 5.56 Å². The third-order valence-corrected chi connectivity index (χ3v) is 2.85. The first-order valence-electron chi connectivity index (χ1n) is 4.57. The molecule has 92 valence electrons. The minimum atomic E-state index is -0.549. The van der Waals surface area contributed by atoms with Crippen LogP contribution in [0.15, 0.2) is 10.7 Å². The number of hydrogen-bond donors (Lipinski definition) is 1. The molecular formula is C9H10BrN3O4. The lowest BCUT2D eigenvalue weighted by Crippen LogP contribution is -2.16. The minimum Gasteiger partial charge on any atom is -0.468 e. The van der Waals surface area contributed by atoms with Crippen molar-refractivity contribution in [3.63, 3.8) is 0 Å². The van der Waals surface area contributed by atoms with Gasteiger partial charge in [0.15, 0.2) is 0 Å². The van der Waals surface area contributed by atoms with E-state index in [-0.39, 0.29) is 18.1 Å². The number of carbonyl (C=O) groups is 1. The first-order valence-corrected chi connectivity index (χ1v) is 5.36. The fourth-order valence-electron chi connectivity index (χ4n) is 1.15. The van der Waals surface area contributed by atoms with E-state index in [0.717, 1.165) is 0 Å². The summed E-state index contributed by atoms with van der Waals surface area (Å²) in [5, 5.41) is 13.5. The summed E-state index contributed by atoms with van der Waals surface area (Å²) < 4.78 is 4.95. The van der Waals surface area contributed by atoms with Gasteiger partial charge in [-0.2, -0.15) is 0 Å². The summed E-state index contributed by atoms with van der Waals surface area (Å²) in [6.45, 7) is 1.42. The number of aromatic nitrogens is 1. The number of rotatable bonds is 4. The number of nitrogens with zero attached hydrogens (tertiary/aromatic N) is 2. The lowest BCUT2D eigenvalue weighted by molar-refractivity contribution is -0.384. The van der Waals surface area contributed by atoms with Crippen LogP contribution in [0.5, 0.6) is 0 Å². The van der Waals surface area contributed by atoms with Crippen LogP contribution in [0.2, 0.25) is 0 Å². The molecule has 0 radical (unpaired) electrons. The van der Waals surface area contributed by atoms with Crippen molar-refractivity contribution in [3.8, 4) is 0 Å². The molecule has 8 heteroatoms. The number of methoxy groups -OCH3 is 1. The monoisotopic (exact) mass is 303 g/mol. The third kappa shape index (κ3) is 3.13. The predicted molar refractivity (Wildman–Crippen MR) is 63.8 cm³/mol. The molecule has 0 bridgehead atoms. The van der Waals surface area contributed by atoms with Crippen molar-refractivity contribution in [2.75, 3.05) is 19.0 Å². The summed E-state index contributed by atoms with van der Waals surface area (Å²) >= 11 is 3.16. The minimum absolute atomic E-state index is 0.0427. The zero-order chi connectivity index (χ0) is 13.0. The maximum Gasteiger partial charge on any atom is 0.325 e. The van der Waals surface area contributed by atoms with Crippen molar-refractivity contribution in [2.45, 2.75) is 6.92 Å². The Balaban J connectivity index is 3.03. The maximum atomic E-state index is 10.9. The van der Waals surface area contributed by atoms with Crippen molar-refractivity contribution in [1.29, 1.82) is 0 Å². The topological polar surface area (TPSA) is 94.4 Å². The average molecular weight is 304 g/mol. The average Bonchev–Trinajstić information content (AvgIpc) is 2.29. The summed E-state index contributed by atoms with van der Waals surface area (Å²) in [6, 6.07) is 0. The molecule has 1 heterocycles. The van der Waals surface area contributed by atoms with Gasteiger partial charge < -0.3 is 10.1 Å². The number of hydrogen-bond acceptors (Lipinski definition) is 6. The quantitative estimate of drug-likeness (QED) is 0.516. The fourth-order valence-corrected chi connectivity index (χ4v) is 1.44. The van der Waals surface area contributed by atoms with E-state index in [1.807, 2.05) is 0 Å². The van der Waals surface area contributed by atoms with Gasteiger partial charge in [-0.25, -0.2) is 4.98 Å². The molecule has 0 aliphatic rings. The molecular weight excluding hydrogens is 294 g/mol. The van der Waals surface area contributed by atoms with Gasteiger partial charge in [0.1, 0.15) is 6.54 Å². The van der Waals surface area contributed by atoms with Gasteiger partial charge in [0.25, 0.3) is 0 Å². The van der Waals surface area contributed by atoms with Gasteiger partial charge in [-0.05, 0) is 22.9 Å². The highest BCUT2D eigenvalue weighted by Gasteiger charge is 2.21. The Morgan fingerprint density at radius 1 is 1.71 bits per heavy atom. The first-order chi connectivity index (χ1) is 7.97. The van der Waals surface area contributed by atoms with E-state index < -0.39 is 10.9 Å². The molecule has 0 amide bonds. The molecule has 1 rings (SSSR count). The fraction of sp³-hybridized carbons (Fsp3) is 0.333. The Morgan fingerprint density at radius 3 is 2.88 bits per heavy atom. The SMILES string of the molecule is COC(=O)CNc1ncc(Br)c(C)c1[N+](=O)[O-]. The van der Waals surface area contributed by atoms with E-state index >= 15 is 0 Å². The molecule has 0 aliphatic carbocycles. The van der Waals surface area contributed by atoms with Crippen molar-refractivity contribution >= 4 is 33.4 Å². The smallest absolute Gasteiger partial charge is 0.325 e. The van der Waals surface area contributed by atoms with Gasteiger partial charge in [-0.15, -0.1) is 0 Å². The largest absolute Gasteiger partial charge is 0.468 e. The standard InChI is InChI=1S/C9H10BrN3O4/c1-5-6(10)3-11-9(8(5)13(15)16)12-4-7(14)17-2/h3H,4H2,1-2H3,(H,11,12). The molecule has 0 aliphatic heterocycles. The van der Waals surface area contributed by atoms with Gasteiger partial charge in [-0.1, -0.05) is 0 Å². The van der Waals surface area contributed by atoms with Crippen LogP contribution in [0.3, 0.4) is 0 Å². The Bertz CT molecular complexity index is 464. The second kappa shape index (κ2) is 5.58. The van der Waals surface area contributed by atoms with Crippen LogP contribution in [-0.4, -0.2) is 29.5 Å². The predicted octanol–water partition coefficient (Wildman–Crippen LogP) is 1.65. The summed E-state index contributed by atoms with van der Waals surface area (Å²) in [6.07, 6.45) is 1.43. The highest BCUT2D eigenvalue weighted by Crippen LogP contribution is 2.30. The Hall–Kier alpha value is -1.70. The number of pyridine rings is 1. The highest BCUT2D eigenvalue weighted by molar-refractivity contribution is 9.10. The molecule has 0 unspecified atom stereocenters. The van der Waals surface area contributed by atoms with E-state index in [1.165, 1.54) is 13.3 Å². The third-order valence-electron chi connectivity index (χ3n) is 2.06. The molecule has 0 atom stereocenters. The van der Waals surface area contributed by atoms with E-state index in [2.05, 4.69) is 31.0 Å². The molecule has 0 spiro atoms. The first kappa shape index (κ1) is 13.4. The van der Waals surface area contributed by atoms with Crippen molar-refractivity contribution < 1.29 is 14.5 Å². The zero-order valence-corrected chi connectivity index (χ0v) is 10.8. The summed E-state index contributed by atoms with van der Waals surface area (Å²) in [5.41, 5.74) is 0.278. The molecule has 1 N–H and O–H groups in total. The second-order valence-corrected chi connectivity index (χ2v) is 3.97. The van der Waals surface area contributed by atoms with Crippen LogP contribution >= 0.6 is 15.9 Å². The molecule has 0 saturated heterocycles. The van der Waals surface area contributed by atoms with Gasteiger partial charge in [0.2, 0.25) is 5.82 Å². The van der Waals surface area contributed by atoms with Crippen LogP contribution < -0.4 is 5.32 Å². The molecule has 7 nitrogen and oxygen atoms in total. The Labute approximate surface area is 105 Å². The zero-order valence-electron chi connectivity index (χ0n) is 9.19. The lowest BCUT2D eigenvalue weighted by Gasteiger charge is -2.07. The summed E-state index contributed by atoms with van der Waals surface area (Å²) in [7, 11) is 1.23. The van der Waals surface area contributed by atoms with Crippen LogP contribution in [0.4, 0.5) is 11.5 Å². The summed E-state index contributed by atoms with van der Waals surface area (Å²) in [4.78, 5) is 25.1. The van der Waals surface area contributed by atoms with Gasteiger partial charge >= 0.3 is 11.7 Å². The van der Waals surface area contributed by atoms with Gasteiger partial charge in [-0.3, -0.25) is 14.9 Å². The number of carbonyl (C=O) groups excluding carboxylic acids is 1. The molecule has 17 heavy (non-hydrogen) atoms. The summed E-state index contributed by atoms with van der Waals surface area (Å²) in [5.74, 6) is -0.484. The normalized spacial score (nSPS) is 9.82. The van der Waals surface area contributed by atoms with Crippen LogP contribution in [0.25, 0.3) is 0 Å². The number of ether oxygens (including phenoxy) is 1. The maximum absolute atomic E-state index is 10.9. The number of halogens is 1. The van der Waals surface area contributed by atoms with Gasteiger partial charge in [0, 0.05) is 16.2 Å². The van der Waals surface area contributed by atoms with Crippen LogP contribution in [0, 0.1) is 17.0 Å². The van der Waals surface area contributed by atoms with E-state index in [1.54, 1.807) is 6.92 Å². The van der Waals surface area contributed by atoms with E-state index in [4.69, 9.17) is 0 Å². The van der Waals surface area contributed by atoms with E-state index in [0.29, 0.717) is 10.0 Å².